The molecule has 0 N–H and O–H groups in total. The standard InChI is InChI=1S/C11H15O2/c1-8(2)11-9(12-3)6-5-7-10(11)13-4/h5-6,8H,1-4H3. The lowest BCUT2D eigenvalue weighted by molar-refractivity contribution is 0.381. The van der Waals surface area contributed by atoms with Crippen LogP contribution >= 0.6 is 0 Å². The minimum Gasteiger partial charge on any atom is -0.496 e. The molecule has 0 aliphatic rings. The summed E-state index contributed by atoms with van der Waals surface area (Å²) >= 11 is 0. The highest BCUT2D eigenvalue weighted by atomic mass is 16.5. The maximum Gasteiger partial charge on any atom is 0.133 e. The third-order valence-electron chi connectivity index (χ3n) is 1.96. The minimum atomic E-state index is 0.377. The van der Waals surface area contributed by atoms with Gasteiger partial charge >= 0.3 is 0 Å². The van der Waals surface area contributed by atoms with Gasteiger partial charge in [0, 0.05) is 11.6 Å². The topological polar surface area (TPSA) is 18.5 Å². The average molecular weight is 179 g/mol. The van der Waals surface area contributed by atoms with Crippen molar-refractivity contribution in [3.05, 3.63) is 23.8 Å². The van der Waals surface area contributed by atoms with Crippen molar-refractivity contribution in [1.82, 2.24) is 0 Å². The Labute approximate surface area is 79.5 Å². The Bertz CT molecular complexity index is 257. The van der Waals surface area contributed by atoms with E-state index < -0.39 is 0 Å². The fraction of sp³-hybridized carbons (Fsp3) is 0.455. The van der Waals surface area contributed by atoms with Gasteiger partial charge in [-0.25, -0.2) is 0 Å². The van der Waals surface area contributed by atoms with E-state index in [0.717, 1.165) is 17.1 Å². The zero-order valence-electron chi connectivity index (χ0n) is 8.55. The van der Waals surface area contributed by atoms with Crippen LogP contribution in [0.4, 0.5) is 0 Å². The van der Waals surface area contributed by atoms with Crippen molar-refractivity contribution in [3.63, 3.8) is 0 Å². The Morgan fingerprint density at radius 2 is 1.92 bits per heavy atom. The van der Waals surface area contributed by atoms with E-state index in [4.69, 9.17) is 9.47 Å². The van der Waals surface area contributed by atoms with Gasteiger partial charge in [-0.15, -0.1) is 0 Å². The quantitative estimate of drug-likeness (QED) is 0.710. The highest BCUT2D eigenvalue weighted by Crippen LogP contribution is 2.33. The summed E-state index contributed by atoms with van der Waals surface area (Å²) < 4.78 is 10.5. The lowest BCUT2D eigenvalue weighted by atomic mass is 10.0. The monoisotopic (exact) mass is 179 g/mol. The van der Waals surface area contributed by atoms with Crippen LogP contribution in [0.3, 0.4) is 0 Å². The lowest BCUT2D eigenvalue weighted by Crippen LogP contribution is -1.98. The van der Waals surface area contributed by atoms with E-state index in [1.54, 1.807) is 14.2 Å². The maximum absolute atomic E-state index is 5.25. The normalized spacial score (nSPS) is 10.2. The predicted molar refractivity (Wildman–Crippen MR) is 52.5 cm³/mol. The van der Waals surface area contributed by atoms with Crippen LogP contribution in [0.1, 0.15) is 25.3 Å². The molecule has 2 heteroatoms. The van der Waals surface area contributed by atoms with Gasteiger partial charge in [-0.05, 0) is 18.1 Å². The zero-order chi connectivity index (χ0) is 9.84. The van der Waals surface area contributed by atoms with Crippen LogP contribution in [0.15, 0.2) is 12.1 Å². The van der Waals surface area contributed by atoms with Crippen molar-refractivity contribution in [2.45, 2.75) is 19.8 Å². The third-order valence-corrected chi connectivity index (χ3v) is 1.96. The van der Waals surface area contributed by atoms with Crippen LogP contribution in [-0.2, 0) is 0 Å². The van der Waals surface area contributed by atoms with Crippen molar-refractivity contribution in [3.8, 4) is 11.5 Å². The molecule has 0 aliphatic heterocycles. The molecule has 0 bridgehead atoms. The van der Waals surface area contributed by atoms with Crippen LogP contribution in [0.2, 0.25) is 0 Å². The Morgan fingerprint density at radius 3 is 2.38 bits per heavy atom. The molecule has 1 rings (SSSR count). The van der Waals surface area contributed by atoms with E-state index in [1.807, 2.05) is 12.1 Å². The second-order valence-electron chi connectivity index (χ2n) is 3.15. The first-order chi connectivity index (χ1) is 6.20. The molecule has 2 nitrogen and oxygen atoms in total. The zero-order valence-corrected chi connectivity index (χ0v) is 8.55. The molecule has 1 aromatic carbocycles. The van der Waals surface area contributed by atoms with E-state index >= 15 is 0 Å². The van der Waals surface area contributed by atoms with Gasteiger partial charge in [-0.3, -0.25) is 0 Å². The van der Waals surface area contributed by atoms with Crippen LogP contribution < -0.4 is 9.47 Å². The summed E-state index contributed by atoms with van der Waals surface area (Å²) in [7, 11) is 3.32. The summed E-state index contributed by atoms with van der Waals surface area (Å²) in [5, 5.41) is 0. The number of methoxy groups -OCH3 is 2. The van der Waals surface area contributed by atoms with Crippen LogP contribution in [-0.4, -0.2) is 14.2 Å². The Balaban J connectivity index is 3.21. The Hall–Kier alpha value is -1.18. The summed E-state index contributed by atoms with van der Waals surface area (Å²) in [6.45, 7) is 4.21. The summed E-state index contributed by atoms with van der Waals surface area (Å²) in [6, 6.07) is 6.75. The van der Waals surface area contributed by atoms with E-state index in [9.17, 15) is 0 Å². The SMILES string of the molecule is COc1[c]ccc(OC)c1C(C)C. The lowest BCUT2D eigenvalue weighted by Gasteiger charge is -2.14. The van der Waals surface area contributed by atoms with E-state index in [0.29, 0.717) is 5.92 Å². The molecule has 0 atom stereocenters. The number of hydrogen-bond acceptors (Lipinski definition) is 2. The van der Waals surface area contributed by atoms with Crippen LogP contribution in [0.5, 0.6) is 11.5 Å². The summed E-state index contributed by atoms with van der Waals surface area (Å²) in [5.74, 6) is 2.02. The van der Waals surface area contributed by atoms with Gasteiger partial charge in [0.25, 0.3) is 0 Å². The van der Waals surface area contributed by atoms with Gasteiger partial charge in [0.05, 0.1) is 14.2 Å². The number of benzene rings is 1. The van der Waals surface area contributed by atoms with Gasteiger partial charge in [-0.2, -0.15) is 0 Å². The molecule has 0 amide bonds. The van der Waals surface area contributed by atoms with Crippen LogP contribution in [0, 0.1) is 6.07 Å². The molecule has 1 radical (unpaired) electrons. The van der Waals surface area contributed by atoms with Crippen molar-refractivity contribution in [2.75, 3.05) is 14.2 Å². The molecule has 0 aromatic heterocycles. The maximum atomic E-state index is 5.25. The molecule has 0 heterocycles. The molecular formula is C11H15O2. The molecule has 0 saturated carbocycles. The number of rotatable bonds is 3. The molecule has 0 spiro atoms. The van der Waals surface area contributed by atoms with E-state index in [2.05, 4.69) is 19.9 Å². The molecule has 71 valence electrons. The molecule has 1 aromatic rings. The summed E-state index contributed by atoms with van der Waals surface area (Å²) in [5.41, 5.74) is 1.08. The summed E-state index contributed by atoms with van der Waals surface area (Å²) in [4.78, 5) is 0. The molecule has 0 saturated heterocycles. The predicted octanol–water partition coefficient (Wildman–Crippen LogP) is 2.63. The van der Waals surface area contributed by atoms with Crippen molar-refractivity contribution < 1.29 is 9.47 Å². The molecule has 0 aliphatic carbocycles. The van der Waals surface area contributed by atoms with Gasteiger partial charge in [0.2, 0.25) is 0 Å². The van der Waals surface area contributed by atoms with Gasteiger partial charge < -0.3 is 9.47 Å². The number of hydrogen-bond donors (Lipinski definition) is 0. The van der Waals surface area contributed by atoms with E-state index in [-0.39, 0.29) is 0 Å². The van der Waals surface area contributed by atoms with E-state index in [1.165, 1.54) is 0 Å². The molecule has 0 unspecified atom stereocenters. The van der Waals surface area contributed by atoms with Gasteiger partial charge in [-0.1, -0.05) is 13.8 Å². The second-order valence-corrected chi connectivity index (χ2v) is 3.15. The Kier molecular flexibility index (Phi) is 3.18. The smallest absolute Gasteiger partial charge is 0.133 e. The first-order valence-electron chi connectivity index (χ1n) is 4.33. The first kappa shape index (κ1) is 9.90. The fourth-order valence-electron chi connectivity index (χ4n) is 1.37. The van der Waals surface area contributed by atoms with Crippen molar-refractivity contribution in [2.24, 2.45) is 0 Å². The largest absolute Gasteiger partial charge is 0.496 e. The molecular weight excluding hydrogens is 164 g/mol. The minimum absolute atomic E-state index is 0.377. The number of ether oxygens (including phenoxy) is 2. The summed E-state index contributed by atoms with van der Waals surface area (Å²) in [6.07, 6.45) is 0. The highest BCUT2D eigenvalue weighted by Gasteiger charge is 2.12. The average Bonchev–Trinajstić information content (AvgIpc) is 2.16. The third kappa shape index (κ3) is 1.94. The van der Waals surface area contributed by atoms with Gasteiger partial charge in [0.15, 0.2) is 0 Å². The molecule has 13 heavy (non-hydrogen) atoms. The van der Waals surface area contributed by atoms with Crippen molar-refractivity contribution >= 4 is 0 Å². The second kappa shape index (κ2) is 4.17. The Morgan fingerprint density at radius 1 is 1.23 bits per heavy atom. The van der Waals surface area contributed by atoms with Crippen LogP contribution in [0.25, 0.3) is 0 Å². The molecule has 0 fully saturated rings. The van der Waals surface area contributed by atoms with Crippen molar-refractivity contribution in [1.29, 1.82) is 0 Å². The highest BCUT2D eigenvalue weighted by molar-refractivity contribution is 5.45. The fourth-order valence-corrected chi connectivity index (χ4v) is 1.37. The van der Waals surface area contributed by atoms with Gasteiger partial charge in [0.1, 0.15) is 11.5 Å². The first-order valence-corrected chi connectivity index (χ1v) is 4.33.